The molecular formula is C17H18O3Sn. The molecule has 4 heteroatoms. The van der Waals surface area contributed by atoms with Gasteiger partial charge in [0.2, 0.25) is 0 Å². The molecule has 0 aliphatic heterocycles. The summed E-state index contributed by atoms with van der Waals surface area (Å²) in [7, 11) is 0. The van der Waals surface area contributed by atoms with Gasteiger partial charge in [-0.15, -0.1) is 0 Å². The first-order chi connectivity index (χ1) is 9.90. The Bertz CT molecular complexity index is 888. The van der Waals surface area contributed by atoms with Gasteiger partial charge in [-0.25, -0.2) is 0 Å². The molecule has 1 aromatic heterocycles. The van der Waals surface area contributed by atoms with Crippen LogP contribution in [0.3, 0.4) is 0 Å². The van der Waals surface area contributed by atoms with E-state index in [1.807, 2.05) is 18.2 Å². The summed E-state index contributed by atoms with van der Waals surface area (Å²) in [5.74, 6) is 0. The zero-order valence-electron chi connectivity index (χ0n) is 12.4. The van der Waals surface area contributed by atoms with Gasteiger partial charge in [0.25, 0.3) is 0 Å². The zero-order valence-corrected chi connectivity index (χ0v) is 15.3. The van der Waals surface area contributed by atoms with Crippen LogP contribution >= 0.6 is 0 Å². The first-order valence-corrected chi connectivity index (χ1v) is 17.0. The summed E-state index contributed by atoms with van der Waals surface area (Å²) in [4.78, 5) is 19.2. The molecule has 108 valence electrons. The van der Waals surface area contributed by atoms with Gasteiger partial charge < -0.3 is 0 Å². The standard InChI is InChI=1S/C14H9O3.3CH3.Sn/c15-8-9-5-6-11-10-3-1-2-4-12(10)14(16)17-13(11)7-9;;;;/h2-7,15H,8H2;3*1H3;. The average Bonchev–Trinajstić information content (AvgIpc) is 2.45. The molecule has 1 N–H and O–H groups in total. The molecule has 0 spiro atoms. The van der Waals surface area contributed by atoms with E-state index in [-0.39, 0.29) is 12.2 Å². The Morgan fingerprint density at radius 1 is 1.00 bits per heavy atom. The predicted molar refractivity (Wildman–Crippen MR) is 88.9 cm³/mol. The second-order valence-corrected chi connectivity index (χ2v) is 20.9. The summed E-state index contributed by atoms with van der Waals surface area (Å²) < 4.78 is 6.78. The predicted octanol–water partition coefficient (Wildman–Crippen LogP) is 2.98. The van der Waals surface area contributed by atoms with Gasteiger partial charge in [0.15, 0.2) is 0 Å². The summed E-state index contributed by atoms with van der Waals surface area (Å²) in [6, 6.07) is 11.6. The quantitative estimate of drug-likeness (QED) is 0.417. The molecule has 0 atom stereocenters. The molecule has 1 heterocycles. The van der Waals surface area contributed by atoms with Crippen molar-refractivity contribution < 1.29 is 9.52 Å². The van der Waals surface area contributed by atoms with Gasteiger partial charge >= 0.3 is 127 Å². The Hall–Kier alpha value is -1.33. The van der Waals surface area contributed by atoms with E-state index in [2.05, 4.69) is 27.0 Å². The first-order valence-electron chi connectivity index (χ1n) is 7.01. The van der Waals surface area contributed by atoms with Crippen LogP contribution in [0.25, 0.3) is 21.7 Å². The number of hydrogen-bond acceptors (Lipinski definition) is 3. The van der Waals surface area contributed by atoms with Crippen molar-refractivity contribution in [3.8, 4) is 0 Å². The molecule has 2 aromatic carbocycles. The third kappa shape index (κ3) is 2.60. The average molecular weight is 389 g/mol. The fourth-order valence-electron chi connectivity index (χ4n) is 2.54. The first kappa shape index (κ1) is 14.6. The van der Waals surface area contributed by atoms with E-state index >= 15 is 0 Å². The molecular weight excluding hydrogens is 371 g/mol. The Labute approximate surface area is 127 Å². The van der Waals surface area contributed by atoms with Crippen LogP contribution in [0.15, 0.2) is 45.6 Å². The molecule has 0 fully saturated rings. The minimum atomic E-state index is -2.19. The minimum absolute atomic E-state index is 0.0594. The van der Waals surface area contributed by atoms with Crippen molar-refractivity contribution in [2.24, 2.45) is 0 Å². The molecule has 3 nitrogen and oxygen atoms in total. The second-order valence-electron chi connectivity index (χ2n) is 6.39. The van der Waals surface area contributed by atoms with Crippen molar-refractivity contribution in [2.75, 3.05) is 0 Å². The van der Waals surface area contributed by atoms with Gasteiger partial charge in [-0.1, -0.05) is 0 Å². The molecule has 0 aliphatic carbocycles. The van der Waals surface area contributed by atoms with Crippen LogP contribution in [0.1, 0.15) is 5.56 Å². The molecule has 21 heavy (non-hydrogen) atoms. The Balaban J connectivity index is 2.43. The van der Waals surface area contributed by atoms with Gasteiger partial charge in [-0.05, 0) is 0 Å². The van der Waals surface area contributed by atoms with Gasteiger partial charge in [0.05, 0.1) is 0 Å². The number of fused-ring (bicyclic) bond motifs is 3. The summed E-state index contributed by atoms with van der Waals surface area (Å²) in [6.45, 7) is -0.0594. The Kier molecular flexibility index (Phi) is 3.57. The van der Waals surface area contributed by atoms with Crippen molar-refractivity contribution >= 4 is 43.7 Å². The summed E-state index contributed by atoms with van der Waals surface area (Å²) in [5.41, 5.74) is 0.972. The van der Waals surface area contributed by atoms with E-state index in [4.69, 9.17) is 4.42 Å². The van der Waals surface area contributed by atoms with Crippen molar-refractivity contribution in [2.45, 2.75) is 21.4 Å². The number of hydrogen-bond donors (Lipinski definition) is 1. The monoisotopic (exact) mass is 390 g/mol. The van der Waals surface area contributed by atoms with E-state index in [0.29, 0.717) is 11.0 Å². The molecule has 3 rings (SSSR count). The summed E-state index contributed by atoms with van der Waals surface area (Å²) in [6.07, 6.45) is 0. The SMILES string of the molecule is [CH3][Sn]([CH3])([CH3])[c]1ccc2c(=O)oc3cc(CO)ccc3c2c1. The molecule has 0 bridgehead atoms. The number of aliphatic hydroxyl groups is 1. The van der Waals surface area contributed by atoms with Crippen molar-refractivity contribution in [3.05, 3.63) is 52.4 Å². The molecule has 0 aliphatic rings. The van der Waals surface area contributed by atoms with Crippen LogP contribution in [0.2, 0.25) is 14.8 Å². The number of rotatable bonds is 2. The van der Waals surface area contributed by atoms with E-state index in [1.165, 1.54) is 3.58 Å². The van der Waals surface area contributed by atoms with Gasteiger partial charge in [0.1, 0.15) is 0 Å². The molecule has 0 radical (unpaired) electrons. The topological polar surface area (TPSA) is 50.4 Å². The van der Waals surface area contributed by atoms with Crippen molar-refractivity contribution in [3.63, 3.8) is 0 Å². The molecule has 0 saturated heterocycles. The summed E-state index contributed by atoms with van der Waals surface area (Å²) >= 11 is -2.19. The van der Waals surface area contributed by atoms with Gasteiger partial charge in [-0.3, -0.25) is 0 Å². The molecule has 0 amide bonds. The fourth-order valence-corrected chi connectivity index (χ4v) is 5.85. The molecule has 3 aromatic rings. The second kappa shape index (κ2) is 5.14. The van der Waals surface area contributed by atoms with Crippen LogP contribution in [0, 0.1) is 0 Å². The third-order valence-electron chi connectivity index (χ3n) is 3.83. The number of aliphatic hydroxyl groups excluding tert-OH is 1. The summed E-state index contributed by atoms with van der Waals surface area (Å²) in [5, 5.41) is 11.7. The van der Waals surface area contributed by atoms with Crippen LogP contribution < -0.4 is 9.20 Å². The van der Waals surface area contributed by atoms with Crippen molar-refractivity contribution in [1.29, 1.82) is 0 Å². The Morgan fingerprint density at radius 2 is 1.71 bits per heavy atom. The van der Waals surface area contributed by atoms with Crippen LogP contribution in [0.4, 0.5) is 0 Å². The van der Waals surface area contributed by atoms with Crippen LogP contribution in [0.5, 0.6) is 0 Å². The van der Waals surface area contributed by atoms with E-state index < -0.39 is 18.4 Å². The normalized spacial score (nSPS) is 12.2. The molecule has 0 unspecified atom stereocenters. The van der Waals surface area contributed by atoms with E-state index in [1.54, 1.807) is 6.07 Å². The zero-order chi connectivity index (χ0) is 15.2. The van der Waals surface area contributed by atoms with Crippen molar-refractivity contribution in [1.82, 2.24) is 0 Å². The fraction of sp³-hybridized carbons (Fsp3) is 0.235. The van der Waals surface area contributed by atoms with Crippen LogP contribution in [-0.4, -0.2) is 23.5 Å². The van der Waals surface area contributed by atoms with E-state index in [0.717, 1.165) is 16.3 Å². The third-order valence-corrected chi connectivity index (χ3v) is 9.66. The van der Waals surface area contributed by atoms with Crippen LogP contribution in [-0.2, 0) is 6.61 Å². The van der Waals surface area contributed by atoms with Gasteiger partial charge in [0, 0.05) is 0 Å². The maximum absolute atomic E-state index is 12.1. The van der Waals surface area contributed by atoms with Gasteiger partial charge in [-0.2, -0.15) is 0 Å². The maximum atomic E-state index is 12.1. The number of benzene rings is 2. The molecule has 0 saturated carbocycles. The van der Waals surface area contributed by atoms with E-state index in [9.17, 15) is 9.90 Å². The Morgan fingerprint density at radius 3 is 2.38 bits per heavy atom.